The van der Waals surface area contributed by atoms with Gasteiger partial charge >= 0.3 is 11.9 Å². The highest BCUT2D eigenvalue weighted by Gasteiger charge is 2.18. The Morgan fingerprint density at radius 1 is 1.13 bits per heavy atom. The summed E-state index contributed by atoms with van der Waals surface area (Å²) in [6.07, 6.45) is 3.48. The van der Waals surface area contributed by atoms with Gasteiger partial charge in [0.05, 0.1) is 6.42 Å². The summed E-state index contributed by atoms with van der Waals surface area (Å²) < 4.78 is 10.6. The summed E-state index contributed by atoms with van der Waals surface area (Å²) in [6, 6.07) is 15.1. The molecule has 7 heteroatoms. The molecule has 162 valence electrons. The molecule has 0 saturated heterocycles. The Morgan fingerprint density at radius 2 is 1.87 bits per heavy atom. The number of hydrogen-bond donors (Lipinski definition) is 1. The van der Waals surface area contributed by atoms with E-state index in [9.17, 15) is 9.59 Å². The topological polar surface area (TPSA) is 89.6 Å². The predicted molar refractivity (Wildman–Crippen MR) is 117 cm³/mol. The zero-order chi connectivity index (χ0) is 22.2. The summed E-state index contributed by atoms with van der Waals surface area (Å²) in [7, 11) is 0. The third-order valence-electron chi connectivity index (χ3n) is 4.96. The summed E-state index contributed by atoms with van der Waals surface area (Å²) in [5.41, 5.74) is 3.95. The van der Waals surface area contributed by atoms with Crippen molar-refractivity contribution in [2.24, 2.45) is 0 Å². The summed E-state index contributed by atoms with van der Waals surface area (Å²) in [5.74, 6) is -1.17. The highest BCUT2D eigenvalue weighted by Crippen LogP contribution is 2.27. The maximum absolute atomic E-state index is 12.5. The van der Waals surface area contributed by atoms with Gasteiger partial charge in [-0.25, -0.2) is 0 Å². The Bertz CT molecular complexity index is 1030. The number of nitrogens with zero attached hydrogens (tertiary/aromatic N) is 1. The number of benzene rings is 2. The monoisotopic (exact) mass is 441 g/mol. The summed E-state index contributed by atoms with van der Waals surface area (Å²) in [4.78, 5) is 23.0. The van der Waals surface area contributed by atoms with Crippen molar-refractivity contribution < 1.29 is 24.0 Å². The normalized spacial score (nSPS) is 11.8. The van der Waals surface area contributed by atoms with Crippen LogP contribution in [0.4, 0.5) is 0 Å². The molecule has 3 rings (SSSR count). The van der Waals surface area contributed by atoms with E-state index < -0.39 is 18.0 Å². The standard InChI is InChI=1S/C24H24ClNO5/c1-16(20-7-3-4-8-21(20)25)31-23(29)14-19-15-30-26-24(19)18-12-10-17(11-13-18)6-2-5-9-22(27)28/h3-4,7-8,10-13,15-16H,2,5-6,9,14H2,1H3,(H,27,28)/t16-/m1/s1. The number of carboxylic acid groups (broad SMARTS) is 1. The van der Waals surface area contributed by atoms with Gasteiger partial charge in [0.1, 0.15) is 18.1 Å². The molecule has 0 bridgehead atoms. The van der Waals surface area contributed by atoms with Crippen LogP contribution in [0.25, 0.3) is 11.3 Å². The van der Waals surface area contributed by atoms with Gasteiger partial charge in [0.2, 0.25) is 0 Å². The molecular weight excluding hydrogens is 418 g/mol. The number of aliphatic carboxylic acids is 1. The van der Waals surface area contributed by atoms with Crippen LogP contribution < -0.4 is 0 Å². The fraction of sp³-hybridized carbons (Fsp3) is 0.292. The van der Waals surface area contributed by atoms with Crippen molar-refractivity contribution >= 4 is 23.5 Å². The van der Waals surface area contributed by atoms with E-state index in [0.717, 1.165) is 29.5 Å². The minimum atomic E-state index is -0.770. The molecule has 0 radical (unpaired) electrons. The number of unbranched alkanes of at least 4 members (excludes halogenated alkanes) is 1. The largest absolute Gasteiger partial charge is 0.481 e. The van der Waals surface area contributed by atoms with Crippen LogP contribution in [0, 0.1) is 0 Å². The lowest BCUT2D eigenvalue weighted by molar-refractivity contribution is -0.147. The van der Waals surface area contributed by atoms with Crippen molar-refractivity contribution in [1.82, 2.24) is 5.16 Å². The van der Waals surface area contributed by atoms with E-state index in [-0.39, 0.29) is 12.8 Å². The molecule has 0 aliphatic rings. The lowest BCUT2D eigenvalue weighted by atomic mass is 10.0. The molecule has 0 saturated carbocycles. The first kappa shape index (κ1) is 22.6. The number of carboxylic acids is 1. The first-order valence-electron chi connectivity index (χ1n) is 10.1. The van der Waals surface area contributed by atoms with Gasteiger partial charge in [0.25, 0.3) is 0 Å². The molecule has 0 fully saturated rings. The maximum atomic E-state index is 12.5. The number of halogens is 1. The average Bonchev–Trinajstić information content (AvgIpc) is 3.19. The van der Waals surface area contributed by atoms with Crippen LogP contribution >= 0.6 is 11.6 Å². The first-order chi connectivity index (χ1) is 14.9. The van der Waals surface area contributed by atoms with Crippen molar-refractivity contribution in [2.45, 2.75) is 45.1 Å². The number of carbonyl (C=O) groups excluding carboxylic acids is 1. The van der Waals surface area contributed by atoms with E-state index in [2.05, 4.69) is 5.16 Å². The molecular formula is C24H24ClNO5. The molecule has 1 aromatic heterocycles. The molecule has 0 aliphatic carbocycles. The van der Waals surface area contributed by atoms with Gasteiger partial charge in [-0.3, -0.25) is 9.59 Å². The van der Waals surface area contributed by atoms with E-state index in [1.165, 1.54) is 6.26 Å². The SMILES string of the molecule is C[C@@H](OC(=O)Cc1conc1-c1ccc(CCCCC(=O)O)cc1)c1ccccc1Cl. The quantitative estimate of drug-likeness (QED) is 0.323. The molecule has 1 heterocycles. The van der Waals surface area contributed by atoms with Gasteiger partial charge in [-0.1, -0.05) is 59.2 Å². The van der Waals surface area contributed by atoms with E-state index in [1.807, 2.05) is 42.5 Å². The second-order valence-corrected chi connectivity index (χ2v) is 7.72. The number of hydrogen-bond acceptors (Lipinski definition) is 5. The Hall–Kier alpha value is -3.12. The van der Waals surface area contributed by atoms with Crippen molar-refractivity contribution in [3.8, 4) is 11.3 Å². The van der Waals surface area contributed by atoms with Gasteiger partial charge in [-0.05, 0) is 37.8 Å². The molecule has 3 aromatic rings. The number of rotatable bonds is 10. The fourth-order valence-corrected chi connectivity index (χ4v) is 3.61. The number of carbonyl (C=O) groups is 2. The van der Waals surface area contributed by atoms with Crippen molar-refractivity contribution in [3.05, 3.63) is 76.5 Å². The summed E-state index contributed by atoms with van der Waals surface area (Å²) >= 11 is 6.17. The summed E-state index contributed by atoms with van der Waals surface area (Å²) in [6.45, 7) is 1.78. The lowest BCUT2D eigenvalue weighted by Gasteiger charge is -2.14. The molecule has 31 heavy (non-hydrogen) atoms. The molecule has 6 nitrogen and oxygen atoms in total. The third-order valence-corrected chi connectivity index (χ3v) is 5.31. The second kappa shape index (κ2) is 10.8. The van der Waals surface area contributed by atoms with Crippen LogP contribution in [0.5, 0.6) is 0 Å². The van der Waals surface area contributed by atoms with Gasteiger partial charge in [-0.15, -0.1) is 0 Å². The first-order valence-corrected chi connectivity index (χ1v) is 10.5. The molecule has 2 aromatic carbocycles. The third kappa shape index (κ3) is 6.43. The zero-order valence-electron chi connectivity index (χ0n) is 17.2. The molecule has 0 aliphatic heterocycles. The Labute approximate surface area is 185 Å². The average molecular weight is 442 g/mol. The van der Waals surface area contributed by atoms with Crippen molar-refractivity contribution in [2.75, 3.05) is 0 Å². The molecule has 1 atom stereocenters. The summed E-state index contributed by atoms with van der Waals surface area (Å²) in [5, 5.41) is 13.3. The molecule has 1 N–H and O–H groups in total. The van der Waals surface area contributed by atoms with Gasteiger partial charge < -0.3 is 14.4 Å². The van der Waals surface area contributed by atoms with E-state index >= 15 is 0 Å². The lowest BCUT2D eigenvalue weighted by Crippen LogP contribution is -2.12. The minimum Gasteiger partial charge on any atom is -0.481 e. The minimum absolute atomic E-state index is 0.0323. The Kier molecular flexibility index (Phi) is 7.84. The van der Waals surface area contributed by atoms with Crippen molar-refractivity contribution in [1.29, 1.82) is 0 Å². The van der Waals surface area contributed by atoms with Gasteiger partial charge in [0.15, 0.2) is 0 Å². The second-order valence-electron chi connectivity index (χ2n) is 7.32. The maximum Gasteiger partial charge on any atom is 0.311 e. The highest BCUT2D eigenvalue weighted by atomic mass is 35.5. The van der Waals surface area contributed by atoms with Crippen molar-refractivity contribution in [3.63, 3.8) is 0 Å². The van der Waals surface area contributed by atoms with E-state index in [1.54, 1.807) is 13.0 Å². The highest BCUT2D eigenvalue weighted by molar-refractivity contribution is 6.31. The van der Waals surface area contributed by atoms with Gasteiger partial charge in [0, 0.05) is 28.1 Å². The number of aryl methyl sites for hydroxylation is 1. The Morgan fingerprint density at radius 3 is 2.58 bits per heavy atom. The zero-order valence-corrected chi connectivity index (χ0v) is 18.0. The van der Waals surface area contributed by atoms with E-state index in [4.69, 9.17) is 26.0 Å². The van der Waals surface area contributed by atoms with Crippen LogP contribution in [0.3, 0.4) is 0 Å². The molecule has 0 unspecified atom stereocenters. The van der Waals surface area contributed by atoms with Crippen LogP contribution in [-0.2, 0) is 27.2 Å². The predicted octanol–water partition coefficient (Wildman–Crippen LogP) is 5.64. The fourth-order valence-electron chi connectivity index (χ4n) is 3.32. The van der Waals surface area contributed by atoms with Crippen LogP contribution in [0.15, 0.2) is 59.3 Å². The number of ether oxygens (including phenoxy) is 1. The van der Waals surface area contributed by atoms with Gasteiger partial charge in [-0.2, -0.15) is 0 Å². The van der Waals surface area contributed by atoms with Crippen LogP contribution in [0.1, 0.15) is 49.0 Å². The van der Waals surface area contributed by atoms with Crippen LogP contribution in [-0.4, -0.2) is 22.2 Å². The van der Waals surface area contributed by atoms with E-state index in [0.29, 0.717) is 22.7 Å². The Balaban J connectivity index is 1.59. The smallest absolute Gasteiger partial charge is 0.311 e. The molecule has 0 spiro atoms. The number of esters is 1. The molecule has 0 amide bonds. The van der Waals surface area contributed by atoms with Crippen LogP contribution in [0.2, 0.25) is 5.02 Å². The number of aromatic nitrogens is 1.